The molecule has 0 atom stereocenters. The molecule has 2 amide bonds. The van der Waals surface area contributed by atoms with Gasteiger partial charge < -0.3 is 20.1 Å². The van der Waals surface area contributed by atoms with Crippen LogP contribution in [0, 0.1) is 24.1 Å². The van der Waals surface area contributed by atoms with E-state index in [1.54, 1.807) is 30.3 Å². The molecule has 0 aliphatic carbocycles. The fourth-order valence-electron chi connectivity index (χ4n) is 2.98. The van der Waals surface area contributed by atoms with Crippen molar-refractivity contribution in [2.75, 3.05) is 24.4 Å². The number of halogens is 1. The molecular weight excluding hydrogens is 437 g/mol. The van der Waals surface area contributed by atoms with Crippen LogP contribution >= 0.6 is 0 Å². The van der Waals surface area contributed by atoms with Crippen molar-refractivity contribution in [2.24, 2.45) is 0 Å². The van der Waals surface area contributed by atoms with Crippen LogP contribution in [0.15, 0.2) is 72.3 Å². The van der Waals surface area contributed by atoms with Crippen LogP contribution in [0.5, 0.6) is 11.5 Å². The quantitative estimate of drug-likeness (QED) is 0.376. The number of ether oxygens (including phenoxy) is 2. The molecule has 0 fully saturated rings. The van der Waals surface area contributed by atoms with Gasteiger partial charge in [-0.15, -0.1) is 0 Å². The molecule has 0 aliphatic rings. The van der Waals surface area contributed by atoms with Crippen molar-refractivity contribution >= 4 is 29.3 Å². The van der Waals surface area contributed by atoms with E-state index in [1.165, 1.54) is 37.5 Å². The van der Waals surface area contributed by atoms with E-state index in [0.29, 0.717) is 28.4 Å². The Morgan fingerprint density at radius 3 is 2.44 bits per heavy atom. The lowest BCUT2D eigenvalue weighted by Gasteiger charge is -2.12. The largest absolute Gasteiger partial charge is 0.493 e. The summed E-state index contributed by atoms with van der Waals surface area (Å²) in [6, 6.07) is 19.3. The van der Waals surface area contributed by atoms with E-state index < -0.39 is 17.6 Å². The first-order chi connectivity index (χ1) is 16.4. The Kier molecular flexibility index (Phi) is 7.97. The second-order valence-corrected chi connectivity index (χ2v) is 7.19. The summed E-state index contributed by atoms with van der Waals surface area (Å²) in [6.07, 6.45) is 1.43. The Bertz CT molecular complexity index is 1260. The fraction of sp³-hybridized carbons (Fsp3) is 0.115. The molecule has 0 saturated carbocycles. The third-order valence-electron chi connectivity index (χ3n) is 4.74. The van der Waals surface area contributed by atoms with Gasteiger partial charge in [0.1, 0.15) is 17.5 Å². The first-order valence-corrected chi connectivity index (χ1v) is 10.2. The Balaban J connectivity index is 1.68. The molecule has 3 rings (SSSR count). The predicted molar refractivity (Wildman–Crippen MR) is 127 cm³/mol. The van der Waals surface area contributed by atoms with Crippen molar-refractivity contribution in [2.45, 2.75) is 6.92 Å². The molecule has 0 radical (unpaired) electrons. The van der Waals surface area contributed by atoms with E-state index in [-0.39, 0.29) is 12.2 Å². The number of hydrogen-bond donors (Lipinski definition) is 2. The Hall–Kier alpha value is -4.64. The molecule has 7 nitrogen and oxygen atoms in total. The van der Waals surface area contributed by atoms with Crippen LogP contribution in [0.25, 0.3) is 6.08 Å². The minimum atomic E-state index is -0.534. The first kappa shape index (κ1) is 24.0. The highest BCUT2D eigenvalue weighted by atomic mass is 19.1. The molecule has 8 heteroatoms. The van der Waals surface area contributed by atoms with E-state index in [9.17, 15) is 19.2 Å². The van der Waals surface area contributed by atoms with Gasteiger partial charge in [0.05, 0.1) is 7.11 Å². The van der Waals surface area contributed by atoms with Crippen LogP contribution in [0.3, 0.4) is 0 Å². The molecule has 0 bridgehead atoms. The Morgan fingerprint density at radius 2 is 1.76 bits per heavy atom. The number of benzene rings is 3. The molecule has 0 heterocycles. The normalized spacial score (nSPS) is 10.7. The highest BCUT2D eigenvalue weighted by molar-refractivity contribution is 6.10. The van der Waals surface area contributed by atoms with Gasteiger partial charge in [0, 0.05) is 11.4 Å². The number of amides is 2. The second-order valence-electron chi connectivity index (χ2n) is 7.19. The Morgan fingerprint density at radius 1 is 1.03 bits per heavy atom. The number of carbonyl (C=O) groups excluding carboxylic acids is 2. The number of hydrogen-bond acceptors (Lipinski definition) is 5. The van der Waals surface area contributed by atoms with Crippen LogP contribution in [0.2, 0.25) is 0 Å². The highest BCUT2D eigenvalue weighted by Gasteiger charge is 2.13. The lowest BCUT2D eigenvalue weighted by atomic mass is 10.1. The lowest BCUT2D eigenvalue weighted by Crippen LogP contribution is -2.20. The molecule has 0 spiro atoms. The highest BCUT2D eigenvalue weighted by Crippen LogP contribution is 2.29. The van der Waals surface area contributed by atoms with Crippen molar-refractivity contribution in [1.29, 1.82) is 5.26 Å². The third-order valence-corrected chi connectivity index (χ3v) is 4.74. The monoisotopic (exact) mass is 459 g/mol. The Labute approximate surface area is 196 Å². The zero-order valence-electron chi connectivity index (χ0n) is 18.6. The molecule has 34 heavy (non-hydrogen) atoms. The van der Waals surface area contributed by atoms with Gasteiger partial charge in [-0.2, -0.15) is 5.26 Å². The van der Waals surface area contributed by atoms with Gasteiger partial charge in [0.2, 0.25) is 0 Å². The summed E-state index contributed by atoms with van der Waals surface area (Å²) >= 11 is 0. The number of aryl methyl sites for hydroxylation is 1. The molecule has 0 aromatic heterocycles. The number of nitrogens with zero attached hydrogens (tertiary/aromatic N) is 1. The molecule has 2 N–H and O–H groups in total. The molecule has 0 saturated heterocycles. The van der Waals surface area contributed by atoms with Gasteiger partial charge in [-0.1, -0.05) is 24.3 Å². The van der Waals surface area contributed by atoms with Gasteiger partial charge in [-0.3, -0.25) is 9.59 Å². The van der Waals surface area contributed by atoms with Gasteiger partial charge in [0.15, 0.2) is 18.1 Å². The van der Waals surface area contributed by atoms with Crippen LogP contribution in [-0.2, 0) is 9.59 Å². The fourth-order valence-corrected chi connectivity index (χ4v) is 2.98. The van der Waals surface area contributed by atoms with Gasteiger partial charge in [0.25, 0.3) is 11.8 Å². The van der Waals surface area contributed by atoms with Crippen LogP contribution in [0.1, 0.15) is 11.1 Å². The number of rotatable bonds is 8. The van der Waals surface area contributed by atoms with Crippen LogP contribution in [-0.4, -0.2) is 25.5 Å². The number of methoxy groups -OCH3 is 1. The number of carbonyl (C=O) groups is 2. The van der Waals surface area contributed by atoms with Crippen molar-refractivity contribution in [3.05, 3.63) is 89.2 Å². The van der Waals surface area contributed by atoms with Crippen molar-refractivity contribution in [3.63, 3.8) is 0 Å². The van der Waals surface area contributed by atoms with Gasteiger partial charge >= 0.3 is 0 Å². The van der Waals surface area contributed by atoms with Crippen LogP contribution in [0.4, 0.5) is 15.8 Å². The standard InChI is InChI=1S/C26H22FN3O4/c1-17-5-3-4-6-22(17)30-26(32)19(15-28)13-18-7-12-23(24(14-18)33-2)34-16-25(31)29-21-10-8-20(27)9-11-21/h3-14H,16H2,1-2H3,(H,29,31)(H,30,32)/b19-13-. The minimum absolute atomic E-state index is 0.0855. The molecule has 0 unspecified atom stereocenters. The van der Waals surface area contributed by atoms with Gasteiger partial charge in [-0.25, -0.2) is 4.39 Å². The zero-order valence-corrected chi connectivity index (χ0v) is 18.6. The average Bonchev–Trinajstić information content (AvgIpc) is 2.84. The summed E-state index contributed by atoms with van der Waals surface area (Å²) in [5, 5.41) is 14.8. The molecule has 3 aromatic carbocycles. The summed E-state index contributed by atoms with van der Waals surface area (Å²) in [6.45, 7) is 1.56. The summed E-state index contributed by atoms with van der Waals surface area (Å²) in [5.41, 5.74) is 2.39. The third kappa shape index (κ3) is 6.43. The first-order valence-electron chi connectivity index (χ1n) is 10.2. The van der Waals surface area contributed by atoms with E-state index in [2.05, 4.69) is 10.6 Å². The smallest absolute Gasteiger partial charge is 0.266 e. The average molecular weight is 459 g/mol. The number of para-hydroxylation sites is 1. The second kappa shape index (κ2) is 11.3. The van der Waals surface area contributed by atoms with Crippen molar-refractivity contribution in [1.82, 2.24) is 0 Å². The predicted octanol–water partition coefficient (Wildman–Crippen LogP) is 4.71. The number of nitriles is 1. The minimum Gasteiger partial charge on any atom is -0.493 e. The maximum absolute atomic E-state index is 13.0. The maximum Gasteiger partial charge on any atom is 0.266 e. The molecule has 3 aromatic rings. The van der Waals surface area contributed by atoms with Gasteiger partial charge in [-0.05, 0) is 66.6 Å². The molecule has 0 aliphatic heterocycles. The zero-order chi connectivity index (χ0) is 24.5. The van der Waals surface area contributed by atoms with E-state index in [4.69, 9.17) is 9.47 Å². The van der Waals surface area contributed by atoms with Crippen molar-refractivity contribution < 1.29 is 23.5 Å². The summed E-state index contributed by atoms with van der Waals surface area (Å²) in [7, 11) is 1.43. The van der Waals surface area contributed by atoms with E-state index >= 15 is 0 Å². The van der Waals surface area contributed by atoms with Crippen LogP contribution < -0.4 is 20.1 Å². The molecular formula is C26H22FN3O4. The maximum atomic E-state index is 13.0. The lowest BCUT2D eigenvalue weighted by molar-refractivity contribution is -0.118. The van der Waals surface area contributed by atoms with Crippen molar-refractivity contribution in [3.8, 4) is 17.6 Å². The van der Waals surface area contributed by atoms with E-state index in [1.807, 2.05) is 25.1 Å². The van der Waals surface area contributed by atoms with E-state index in [0.717, 1.165) is 5.56 Å². The number of anilines is 2. The summed E-state index contributed by atoms with van der Waals surface area (Å²) < 4.78 is 23.8. The summed E-state index contributed by atoms with van der Waals surface area (Å²) in [4.78, 5) is 24.7. The summed E-state index contributed by atoms with van der Waals surface area (Å²) in [5.74, 6) is -0.747. The molecule has 172 valence electrons. The topological polar surface area (TPSA) is 100 Å². The SMILES string of the molecule is COc1cc(/C=C(/C#N)C(=O)Nc2ccccc2C)ccc1OCC(=O)Nc1ccc(F)cc1. The number of nitrogens with one attached hydrogen (secondary N) is 2.